The SMILES string of the molecule is COCc1c(C(=O)N2CCC[C@H](C(=O)O)[C@@H]2C)oc2ccccc12. The first kappa shape index (κ1) is 16.5. The minimum absolute atomic E-state index is 0.246. The van der Waals surface area contributed by atoms with Crippen molar-refractivity contribution >= 4 is 22.8 Å². The van der Waals surface area contributed by atoms with E-state index in [1.54, 1.807) is 18.9 Å². The standard InChI is InChI=1S/C18H21NO5/c1-11-12(18(21)22)7-5-9-19(11)17(20)16-14(10-23-2)13-6-3-4-8-15(13)24-16/h3-4,6,8,11-12H,5,7,9-10H2,1-2H3,(H,21,22)/t11-,12-/m0/s1. The zero-order valence-electron chi connectivity index (χ0n) is 13.8. The van der Waals surface area contributed by atoms with Gasteiger partial charge in [-0.3, -0.25) is 9.59 Å². The number of furan rings is 1. The second kappa shape index (κ2) is 6.65. The first-order valence-corrected chi connectivity index (χ1v) is 8.07. The monoisotopic (exact) mass is 331 g/mol. The van der Waals surface area contributed by atoms with Crippen LogP contribution in [-0.4, -0.2) is 41.6 Å². The normalized spacial score (nSPS) is 21.2. The number of hydrogen-bond donors (Lipinski definition) is 1. The summed E-state index contributed by atoms with van der Waals surface area (Å²) in [6.07, 6.45) is 1.26. The van der Waals surface area contributed by atoms with Crippen molar-refractivity contribution in [2.45, 2.75) is 32.4 Å². The maximum Gasteiger partial charge on any atom is 0.308 e. The van der Waals surface area contributed by atoms with Crippen LogP contribution in [0.3, 0.4) is 0 Å². The summed E-state index contributed by atoms with van der Waals surface area (Å²) in [4.78, 5) is 26.0. The molecule has 128 valence electrons. The highest BCUT2D eigenvalue weighted by molar-refractivity contribution is 5.99. The van der Waals surface area contributed by atoms with Gasteiger partial charge in [0.25, 0.3) is 5.91 Å². The van der Waals surface area contributed by atoms with E-state index in [0.29, 0.717) is 30.5 Å². The Kier molecular flexibility index (Phi) is 4.57. The molecular weight excluding hydrogens is 310 g/mol. The minimum Gasteiger partial charge on any atom is -0.481 e. The smallest absolute Gasteiger partial charge is 0.308 e. The number of nitrogens with zero attached hydrogens (tertiary/aromatic N) is 1. The fraction of sp³-hybridized carbons (Fsp3) is 0.444. The van der Waals surface area contributed by atoms with E-state index >= 15 is 0 Å². The van der Waals surface area contributed by atoms with Crippen molar-refractivity contribution in [3.8, 4) is 0 Å². The molecule has 1 N–H and O–H groups in total. The van der Waals surface area contributed by atoms with Gasteiger partial charge in [0, 0.05) is 30.6 Å². The minimum atomic E-state index is -0.860. The van der Waals surface area contributed by atoms with E-state index in [1.807, 2.05) is 24.3 Å². The van der Waals surface area contributed by atoms with Gasteiger partial charge in [-0.1, -0.05) is 18.2 Å². The van der Waals surface area contributed by atoms with Crippen LogP contribution in [0, 0.1) is 5.92 Å². The second-order valence-electron chi connectivity index (χ2n) is 6.17. The van der Waals surface area contributed by atoms with E-state index in [9.17, 15) is 14.7 Å². The van der Waals surface area contributed by atoms with Crippen LogP contribution < -0.4 is 0 Å². The first-order valence-electron chi connectivity index (χ1n) is 8.07. The number of ether oxygens (including phenoxy) is 1. The number of likely N-dealkylation sites (tertiary alicyclic amines) is 1. The molecular formula is C18H21NO5. The third-order valence-electron chi connectivity index (χ3n) is 4.75. The topological polar surface area (TPSA) is 80.0 Å². The van der Waals surface area contributed by atoms with E-state index in [-0.39, 0.29) is 24.3 Å². The van der Waals surface area contributed by atoms with Crippen LogP contribution in [0.1, 0.15) is 35.9 Å². The fourth-order valence-corrected chi connectivity index (χ4v) is 3.45. The molecule has 0 saturated carbocycles. The Morgan fingerprint density at radius 2 is 2.12 bits per heavy atom. The maximum absolute atomic E-state index is 13.0. The molecule has 6 heteroatoms. The van der Waals surface area contributed by atoms with Gasteiger partial charge >= 0.3 is 5.97 Å². The Balaban J connectivity index is 1.98. The Morgan fingerprint density at radius 1 is 1.38 bits per heavy atom. The third-order valence-corrected chi connectivity index (χ3v) is 4.75. The highest BCUT2D eigenvalue weighted by atomic mass is 16.5. The summed E-state index contributed by atoms with van der Waals surface area (Å²) < 4.78 is 11.0. The summed E-state index contributed by atoms with van der Waals surface area (Å²) in [6.45, 7) is 2.59. The number of carbonyl (C=O) groups excluding carboxylic acids is 1. The summed E-state index contributed by atoms with van der Waals surface area (Å²) in [5.41, 5.74) is 1.34. The average Bonchev–Trinajstić information content (AvgIpc) is 2.93. The molecule has 1 fully saturated rings. The van der Waals surface area contributed by atoms with Crippen molar-refractivity contribution in [1.29, 1.82) is 0 Å². The maximum atomic E-state index is 13.0. The van der Waals surface area contributed by atoms with Crippen LogP contribution in [0.4, 0.5) is 0 Å². The molecule has 1 aliphatic rings. The predicted octanol–water partition coefficient (Wildman–Crippen LogP) is 2.90. The van der Waals surface area contributed by atoms with Crippen LogP contribution in [0.15, 0.2) is 28.7 Å². The van der Waals surface area contributed by atoms with Crippen LogP contribution in [0.25, 0.3) is 11.0 Å². The van der Waals surface area contributed by atoms with Crippen LogP contribution >= 0.6 is 0 Å². The van der Waals surface area contributed by atoms with Gasteiger partial charge in [-0.15, -0.1) is 0 Å². The number of para-hydroxylation sites is 1. The molecule has 2 atom stereocenters. The Hall–Kier alpha value is -2.34. The molecule has 2 heterocycles. The molecule has 0 unspecified atom stereocenters. The number of carboxylic acid groups (broad SMARTS) is 1. The summed E-state index contributed by atoms with van der Waals surface area (Å²) in [7, 11) is 1.57. The highest BCUT2D eigenvalue weighted by Gasteiger charge is 2.37. The van der Waals surface area contributed by atoms with Crippen molar-refractivity contribution in [3.63, 3.8) is 0 Å². The van der Waals surface area contributed by atoms with E-state index < -0.39 is 11.9 Å². The van der Waals surface area contributed by atoms with Gasteiger partial charge in [-0.2, -0.15) is 0 Å². The summed E-state index contributed by atoms with van der Waals surface area (Å²) in [6, 6.07) is 7.07. The molecule has 1 saturated heterocycles. The van der Waals surface area contributed by atoms with Crippen LogP contribution in [0.2, 0.25) is 0 Å². The van der Waals surface area contributed by atoms with Crippen molar-refractivity contribution in [3.05, 3.63) is 35.6 Å². The van der Waals surface area contributed by atoms with E-state index in [4.69, 9.17) is 9.15 Å². The largest absolute Gasteiger partial charge is 0.481 e. The number of methoxy groups -OCH3 is 1. The molecule has 1 amide bonds. The average molecular weight is 331 g/mol. The Labute approximate surface area is 140 Å². The van der Waals surface area contributed by atoms with Gasteiger partial charge in [0.05, 0.1) is 12.5 Å². The first-order chi connectivity index (χ1) is 11.5. The predicted molar refractivity (Wildman–Crippen MR) is 87.8 cm³/mol. The van der Waals surface area contributed by atoms with Crippen molar-refractivity contribution in [1.82, 2.24) is 4.90 Å². The molecule has 6 nitrogen and oxygen atoms in total. The zero-order chi connectivity index (χ0) is 17.3. The number of piperidine rings is 1. The number of hydrogen-bond acceptors (Lipinski definition) is 4. The zero-order valence-corrected chi connectivity index (χ0v) is 13.8. The molecule has 0 aliphatic carbocycles. The third kappa shape index (κ3) is 2.78. The van der Waals surface area contributed by atoms with Gasteiger partial charge in [0.2, 0.25) is 0 Å². The fourth-order valence-electron chi connectivity index (χ4n) is 3.45. The number of rotatable bonds is 4. The highest BCUT2D eigenvalue weighted by Crippen LogP contribution is 2.31. The molecule has 1 aromatic heterocycles. The van der Waals surface area contributed by atoms with E-state index in [2.05, 4.69) is 0 Å². The van der Waals surface area contributed by atoms with Crippen molar-refractivity contribution in [2.75, 3.05) is 13.7 Å². The lowest BCUT2D eigenvalue weighted by Gasteiger charge is -2.37. The Bertz CT molecular complexity index is 766. The lowest BCUT2D eigenvalue weighted by molar-refractivity contribution is -0.145. The van der Waals surface area contributed by atoms with Crippen molar-refractivity contribution < 1.29 is 23.8 Å². The van der Waals surface area contributed by atoms with Crippen LogP contribution in [0.5, 0.6) is 0 Å². The molecule has 0 radical (unpaired) electrons. The lowest BCUT2D eigenvalue weighted by atomic mass is 9.90. The number of carboxylic acids is 1. The van der Waals surface area contributed by atoms with Gasteiger partial charge in [-0.25, -0.2) is 0 Å². The summed E-state index contributed by atoms with van der Waals surface area (Å²) in [5, 5.41) is 10.2. The number of aliphatic carboxylic acids is 1. The van der Waals surface area contributed by atoms with E-state index in [0.717, 1.165) is 5.39 Å². The molecule has 0 bridgehead atoms. The van der Waals surface area contributed by atoms with Gasteiger partial charge in [0.1, 0.15) is 5.58 Å². The van der Waals surface area contributed by atoms with Crippen molar-refractivity contribution in [2.24, 2.45) is 5.92 Å². The lowest BCUT2D eigenvalue weighted by Crippen LogP contribution is -2.49. The number of fused-ring (bicyclic) bond motifs is 1. The van der Waals surface area contributed by atoms with E-state index in [1.165, 1.54) is 0 Å². The van der Waals surface area contributed by atoms with Gasteiger partial charge < -0.3 is 19.2 Å². The summed E-state index contributed by atoms with van der Waals surface area (Å²) >= 11 is 0. The molecule has 2 aromatic rings. The molecule has 1 aliphatic heterocycles. The number of benzene rings is 1. The molecule has 3 rings (SSSR count). The van der Waals surface area contributed by atoms with Gasteiger partial charge in [-0.05, 0) is 25.8 Å². The number of carbonyl (C=O) groups is 2. The quantitative estimate of drug-likeness (QED) is 0.932. The molecule has 24 heavy (non-hydrogen) atoms. The summed E-state index contributed by atoms with van der Waals surface area (Å²) in [5.74, 6) is -1.42. The number of amides is 1. The molecule has 0 spiro atoms. The van der Waals surface area contributed by atoms with Gasteiger partial charge in [0.15, 0.2) is 5.76 Å². The Morgan fingerprint density at radius 3 is 2.83 bits per heavy atom. The second-order valence-corrected chi connectivity index (χ2v) is 6.17. The van der Waals surface area contributed by atoms with Crippen LogP contribution in [-0.2, 0) is 16.1 Å². The molecule has 1 aromatic carbocycles.